The third kappa shape index (κ3) is 3.90. The lowest BCUT2D eigenvalue weighted by molar-refractivity contribution is -0.120. The average molecular weight is 366 g/mol. The molecular formula is C15H16F2N6OS. The molecule has 1 aliphatic heterocycles. The maximum absolute atomic E-state index is 14.5. The normalized spacial score (nSPS) is 14.4. The van der Waals surface area contributed by atoms with Crippen molar-refractivity contribution in [1.29, 1.82) is 0 Å². The fourth-order valence-electron chi connectivity index (χ4n) is 2.54. The summed E-state index contributed by atoms with van der Waals surface area (Å²) in [5.41, 5.74) is 0.580. The second-order valence-corrected chi connectivity index (χ2v) is 6.21. The Morgan fingerprint density at radius 2 is 2.12 bits per heavy atom. The largest absolute Gasteiger partial charge is 0.374 e. The number of nitrogens with one attached hydrogen (secondary N) is 2. The average Bonchev–Trinajstić information content (AvgIpc) is 3.01. The lowest BCUT2D eigenvalue weighted by Crippen LogP contribution is -2.48. The van der Waals surface area contributed by atoms with E-state index < -0.39 is 11.6 Å². The summed E-state index contributed by atoms with van der Waals surface area (Å²) < 4.78 is 30.2. The van der Waals surface area contributed by atoms with Gasteiger partial charge in [0.25, 0.3) is 0 Å². The Hall–Kier alpha value is -2.62. The summed E-state index contributed by atoms with van der Waals surface area (Å²) in [6.45, 7) is 2.72. The molecule has 0 atom stereocenters. The van der Waals surface area contributed by atoms with E-state index in [2.05, 4.69) is 20.9 Å². The van der Waals surface area contributed by atoms with Crippen molar-refractivity contribution in [3.63, 3.8) is 0 Å². The fourth-order valence-corrected chi connectivity index (χ4v) is 2.61. The molecule has 2 heterocycles. The van der Waals surface area contributed by atoms with Crippen molar-refractivity contribution >= 4 is 28.8 Å². The Kier molecular flexibility index (Phi) is 4.88. The molecule has 2 N–H and O–H groups in total. The maximum Gasteiger partial charge on any atom is 0.239 e. The van der Waals surface area contributed by atoms with Gasteiger partial charge in [-0.3, -0.25) is 4.79 Å². The Morgan fingerprint density at radius 3 is 2.76 bits per heavy atom. The molecule has 0 spiro atoms. The van der Waals surface area contributed by atoms with E-state index in [0.717, 1.165) is 0 Å². The minimum Gasteiger partial charge on any atom is -0.374 e. The summed E-state index contributed by atoms with van der Waals surface area (Å²) >= 11 is 4.92. The van der Waals surface area contributed by atoms with Crippen molar-refractivity contribution < 1.29 is 13.6 Å². The van der Waals surface area contributed by atoms with Crippen molar-refractivity contribution in [2.24, 2.45) is 0 Å². The van der Waals surface area contributed by atoms with Crippen LogP contribution in [0.15, 0.2) is 18.3 Å². The molecule has 10 heteroatoms. The molecule has 3 rings (SSSR count). The fraction of sp³-hybridized carbons (Fsp3) is 0.333. The SMILES string of the molecule is CC(=S)NCc1cn(-c2cc(F)c(N3CCNC(=O)C3)c(F)c2)nn1. The van der Waals surface area contributed by atoms with Crippen LogP contribution in [0, 0.1) is 11.6 Å². The third-order valence-electron chi connectivity index (χ3n) is 3.68. The number of anilines is 1. The van der Waals surface area contributed by atoms with Gasteiger partial charge in [-0.25, -0.2) is 13.5 Å². The molecule has 1 amide bonds. The van der Waals surface area contributed by atoms with Gasteiger partial charge in [-0.15, -0.1) is 5.10 Å². The van der Waals surface area contributed by atoms with Gasteiger partial charge in [-0.05, 0) is 6.92 Å². The second kappa shape index (κ2) is 7.09. The van der Waals surface area contributed by atoms with Gasteiger partial charge >= 0.3 is 0 Å². The van der Waals surface area contributed by atoms with Crippen LogP contribution in [0.3, 0.4) is 0 Å². The first kappa shape index (κ1) is 17.2. The lowest BCUT2D eigenvalue weighted by Gasteiger charge is -2.29. The summed E-state index contributed by atoms with van der Waals surface area (Å²) in [7, 11) is 0. The number of hydrogen-bond donors (Lipinski definition) is 2. The summed E-state index contributed by atoms with van der Waals surface area (Å²) in [4.78, 5) is 13.4. The number of nitrogens with zero attached hydrogens (tertiary/aromatic N) is 4. The van der Waals surface area contributed by atoms with Crippen LogP contribution in [0.4, 0.5) is 14.5 Å². The summed E-state index contributed by atoms with van der Waals surface area (Å²) in [5.74, 6) is -1.78. The molecule has 7 nitrogen and oxygen atoms in total. The van der Waals surface area contributed by atoms with Crippen LogP contribution in [-0.2, 0) is 11.3 Å². The predicted molar refractivity (Wildman–Crippen MR) is 91.6 cm³/mol. The lowest BCUT2D eigenvalue weighted by atomic mass is 10.2. The topological polar surface area (TPSA) is 75.1 Å². The minimum absolute atomic E-state index is 0.0801. The molecule has 0 radical (unpaired) electrons. The second-order valence-electron chi connectivity index (χ2n) is 5.59. The van der Waals surface area contributed by atoms with Gasteiger partial charge in [0.15, 0.2) is 11.6 Å². The van der Waals surface area contributed by atoms with Crippen molar-refractivity contribution in [2.45, 2.75) is 13.5 Å². The van der Waals surface area contributed by atoms with Gasteiger partial charge in [0.05, 0.1) is 30.0 Å². The molecule has 132 valence electrons. The highest BCUT2D eigenvalue weighted by Gasteiger charge is 2.23. The van der Waals surface area contributed by atoms with E-state index in [1.54, 1.807) is 13.1 Å². The Morgan fingerprint density at radius 1 is 1.40 bits per heavy atom. The van der Waals surface area contributed by atoms with Crippen LogP contribution in [0.1, 0.15) is 12.6 Å². The molecule has 1 saturated heterocycles. The predicted octanol–water partition coefficient (Wildman–Crippen LogP) is 0.919. The maximum atomic E-state index is 14.5. The van der Waals surface area contributed by atoms with Gasteiger partial charge in [-0.2, -0.15) is 0 Å². The molecule has 0 aliphatic carbocycles. The zero-order chi connectivity index (χ0) is 18.0. The van der Waals surface area contributed by atoms with Crippen molar-refractivity contribution in [3.05, 3.63) is 35.7 Å². The molecule has 0 unspecified atom stereocenters. The van der Waals surface area contributed by atoms with Crippen molar-refractivity contribution in [1.82, 2.24) is 25.6 Å². The van der Waals surface area contributed by atoms with E-state index in [-0.39, 0.29) is 23.8 Å². The Bertz CT molecular complexity index is 801. The van der Waals surface area contributed by atoms with E-state index in [1.165, 1.54) is 21.7 Å². The molecule has 25 heavy (non-hydrogen) atoms. The monoisotopic (exact) mass is 366 g/mol. The molecule has 1 aliphatic rings. The van der Waals surface area contributed by atoms with Gasteiger partial charge in [0.1, 0.15) is 11.4 Å². The molecule has 1 aromatic heterocycles. The summed E-state index contributed by atoms with van der Waals surface area (Å²) in [6, 6.07) is 2.34. The first-order chi connectivity index (χ1) is 11.9. The first-order valence-electron chi connectivity index (χ1n) is 7.61. The highest BCUT2D eigenvalue weighted by atomic mass is 32.1. The number of aromatic nitrogens is 3. The zero-order valence-electron chi connectivity index (χ0n) is 13.4. The van der Waals surface area contributed by atoms with Crippen LogP contribution in [0.5, 0.6) is 0 Å². The van der Waals surface area contributed by atoms with E-state index in [1.807, 2.05) is 0 Å². The number of hydrogen-bond acceptors (Lipinski definition) is 5. The number of benzene rings is 1. The smallest absolute Gasteiger partial charge is 0.239 e. The van der Waals surface area contributed by atoms with Gasteiger partial charge < -0.3 is 15.5 Å². The molecule has 1 aromatic carbocycles. The Balaban J connectivity index is 1.84. The van der Waals surface area contributed by atoms with Crippen LogP contribution in [0.25, 0.3) is 5.69 Å². The Labute approximate surface area is 148 Å². The standard InChI is InChI=1S/C15H16F2N6OS/c1-9(25)19-6-10-7-23(21-20-10)11-4-12(16)15(13(17)5-11)22-3-2-18-14(24)8-22/h4-5,7H,2-3,6,8H2,1H3,(H,18,24)(H,19,25). The van der Waals surface area contributed by atoms with E-state index in [9.17, 15) is 13.6 Å². The van der Waals surface area contributed by atoms with E-state index >= 15 is 0 Å². The van der Waals surface area contributed by atoms with Crippen LogP contribution < -0.4 is 15.5 Å². The number of amides is 1. The molecular weight excluding hydrogens is 350 g/mol. The van der Waals surface area contributed by atoms with Gasteiger partial charge in [0.2, 0.25) is 5.91 Å². The van der Waals surface area contributed by atoms with E-state index in [0.29, 0.717) is 30.3 Å². The first-order valence-corrected chi connectivity index (χ1v) is 8.01. The molecule has 2 aromatic rings. The third-order valence-corrected chi connectivity index (χ3v) is 3.82. The quantitative estimate of drug-likeness (QED) is 0.784. The molecule has 1 fully saturated rings. The minimum atomic E-state index is -0.755. The van der Waals surface area contributed by atoms with Crippen LogP contribution in [0.2, 0.25) is 0 Å². The number of halogens is 2. The zero-order valence-corrected chi connectivity index (χ0v) is 14.2. The van der Waals surface area contributed by atoms with Gasteiger partial charge in [0, 0.05) is 25.2 Å². The summed E-state index contributed by atoms with van der Waals surface area (Å²) in [6.07, 6.45) is 1.56. The van der Waals surface area contributed by atoms with E-state index in [4.69, 9.17) is 12.2 Å². The van der Waals surface area contributed by atoms with Crippen LogP contribution >= 0.6 is 12.2 Å². The number of carbonyl (C=O) groups is 1. The highest BCUT2D eigenvalue weighted by Crippen LogP contribution is 2.26. The number of carbonyl (C=O) groups excluding carboxylic acids is 1. The highest BCUT2D eigenvalue weighted by molar-refractivity contribution is 7.80. The van der Waals surface area contributed by atoms with Crippen molar-refractivity contribution in [2.75, 3.05) is 24.5 Å². The number of thiocarbonyl (C=S) groups is 1. The number of piperazine rings is 1. The van der Waals surface area contributed by atoms with Crippen molar-refractivity contribution in [3.8, 4) is 5.69 Å². The van der Waals surface area contributed by atoms with Gasteiger partial charge in [-0.1, -0.05) is 17.4 Å². The number of rotatable bonds is 4. The molecule has 0 saturated carbocycles. The summed E-state index contributed by atoms with van der Waals surface area (Å²) in [5, 5.41) is 13.3. The molecule has 0 bridgehead atoms. The van der Waals surface area contributed by atoms with Crippen LogP contribution in [-0.4, -0.2) is 45.5 Å².